The maximum atomic E-state index is 12.8. The molecule has 6 heteroatoms. The van der Waals surface area contributed by atoms with Crippen LogP contribution in [-0.2, 0) is 18.4 Å². The van der Waals surface area contributed by atoms with Gasteiger partial charge in [0.2, 0.25) is 0 Å². The molecule has 23 heavy (non-hydrogen) atoms. The van der Waals surface area contributed by atoms with E-state index in [2.05, 4.69) is 5.10 Å². The Hall–Kier alpha value is -2.63. The standard InChI is InChI=1S/C17H21N3O3/c1-12(17(22)23)10-20(11-14-7-5-4-6-8-14)16(21)15-9-13(2)18-19(15)3/h4-9,12H,10-11H2,1-3H3,(H,22,23)/t12-/m0/s1. The second-order valence-corrected chi connectivity index (χ2v) is 5.71. The van der Waals surface area contributed by atoms with Gasteiger partial charge in [-0.05, 0) is 18.6 Å². The van der Waals surface area contributed by atoms with Gasteiger partial charge >= 0.3 is 5.97 Å². The fourth-order valence-corrected chi connectivity index (χ4v) is 2.40. The van der Waals surface area contributed by atoms with E-state index in [4.69, 9.17) is 5.11 Å². The number of nitrogens with zero attached hydrogens (tertiary/aromatic N) is 3. The Morgan fingerprint density at radius 3 is 2.48 bits per heavy atom. The SMILES string of the molecule is Cc1cc(C(=O)N(Cc2ccccc2)C[C@H](C)C(=O)O)n(C)n1. The average Bonchev–Trinajstić information content (AvgIpc) is 2.85. The van der Waals surface area contributed by atoms with Crippen LogP contribution in [0.25, 0.3) is 0 Å². The Kier molecular flexibility index (Phi) is 5.16. The number of benzene rings is 1. The molecule has 0 radical (unpaired) electrons. The number of amides is 1. The first-order chi connectivity index (χ1) is 10.9. The van der Waals surface area contributed by atoms with Gasteiger partial charge in [-0.25, -0.2) is 0 Å². The second-order valence-electron chi connectivity index (χ2n) is 5.71. The summed E-state index contributed by atoms with van der Waals surface area (Å²) in [7, 11) is 1.71. The molecule has 1 heterocycles. The molecule has 1 atom stereocenters. The van der Waals surface area contributed by atoms with E-state index in [9.17, 15) is 9.59 Å². The van der Waals surface area contributed by atoms with Gasteiger partial charge in [0.05, 0.1) is 11.6 Å². The predicted molar refractivity (Wildman–Crippen MR) is 85.9 cm³/mol. The molecule has 2 rings (SSSR count). The summed E-state index contributed by atoms with van der Waals surface area (Å²) < 4.78 is 1.53. The van der Waals surface area contributed by atoms with Crippen LogP contribution in [0.15, 0.2) is 36.4 Å². The van der Waals surface area contributed by atoms with Crippen molar-refractivity contribution in [2.75, 3.05) is 6.54 Å². The van der Waals surface area contributed by atoms with E-state index in [0.29, 0.717) is 12.2 Å². The van der Waals surface area contributed by atoms with Gasteiger partial charge in [-0.2, -0.15) is 5.10 Å². The van der Waals surface area contributed by atoms with Gasteiger partial charge in [-0.3, -0.25) is 14.3 Å². The molecule has 1 aromatic heterocycles. The number of hydrogen-bond acceptors (Lipinski definition) is 3. The molecule has 0 unspecified atom stereocenters. The zero-order chi connectivity index (χ0) is 17.0. The highest BCUT2D eigenvalue weighted by Crippen LogP contribution is 2.13. The topological polar surface area (TPSA) is 75.4 Å². The summed E-state index contributed by atoms with van der Waals surface area (Å²) >= 11 is 0. The Bertz CT molecular complexity index is 694. The van der Waals surface area contributed by atoms with Crippen LogP contribution in [0.5, 0.6) is 0 Å². The molecule has 0 saturated carbocycles. The molecule has 1 aromatic carbocycles. The molecule has 0 aliphatic rings. The number of aryl methyl sites for hydroxylation is 2. The third-order valence-corrected chi connectivity index (χ3v) is 3.64. The first kappa shape index (κ1) is 16.7. The molecule has 0 aliphatic carbocycles. The lowest BCUT2D eigenvalue weighted by molar-refractivity contribution is -0.141. The van der Waals surface area contributed by atoms with Gasteiger partial charge < -0.3 is 10.0 Å². The number of carboxylic acid groups (broad SMARTS) is 1. The Morgan fingerprint density at radius 2 is 1.96 bits per heavy atom. The Morgan fingerprint density at radius 1 is 1.30 bits per heavy atom. The summed E-state index contributed by atoms with van der Waals surface area (Å²) in [6, 6.07) is 11.2. The zero-order valence-corrected chi connectivity index (χ0v) is 13.6. The van der Waals surface area contributed by atoms with Crippen molar-refractivity contribution in [1.82, 2.24) is 14.7 Å². The number of aromatic nitrogens is 2. The zero-order valence-electron chi connectivity index (χ0n) is 13.6. The highest BCUT2D eigenvalue weighted by atomic mass is 16.4. The highest BCUT2D eigenvalue weighted by molar-refractivity contribution is 5.93. The summed E-state index contributed by atoms with van der Waals surface area (Å²) in [6.45, 7) is 3.93. The fraction of sp³-hybridized carbons (Fsp3) is 0.353. The maximum Gasteiger partial charge on any atom is 0.308 e. The van der Waals surface area contributed by atoms with E-state index in [1.165, 1.54) is 4.68 Å². The lowest BCUT2D eigenvalue weighted by Gasteiger charge is -2.24. The molecule has 6 nitrogen and oxygen atoms in total. The third kappa shape index (κ3) is 4.18. The van der Waals surface area contributed by atoms with Crippen LogP contribution in [0.1, 0.15) is 28.7 Å². The van der Waals surface area contributed by atoms with E-state index in [-0.39, 0.29) is 12.5 Å². The summed E-state index contributed by atoms with van der Waals surface area (Å²) in [5.74, 6) is -1.78. The lowest BCUT2D eigenvalue weighted by atomic mass is 10.1. The average molecular weight is 315 g/mol. The lowest BCUT2D eigenvalue weighted by Crippen LogP contribution is -2.37. The molecule has 1 N–H and O–H groups in total. The Labute approximate surface area is 135 Å². The van der Waals surface area contributed by atoms with Gasteiger partial charge in [0.25, 0.3) is 5.91 Å². The monoisotopic (exact) mass is 315 g/mol. The quantitative estimate of drug-likeness (QED) is 0.885. The molecule has 0 fully saturated rings. The predicted octanol–water partition coefficient (Wildman–Crippen LogP) is 2.09. The van der Waals surface area contributed by atoms with E-state index in [1.54, 1.807) is 24.9 Å². The van der Waals surface area contributed by atoms with Gasteiger partial charge in [0, 0.05) is 20.1 Å². The van der Waals surface area contributed by atoms with Gasteiger partial charge in [0.1, 0.15) is 5.69 Å². The second kappa shape index (κ2) is 7.09. The van der Waals surface area contributed by atoms with Crippen molar-refractivity contribution >= 4 is 11.9 Å². The number of carboxylic acids is 1. The molecular weight excluding hydrogens is 294 g/mol. The fourth-order valence-electron chi connectivity index (χ4n) is 2.40. The largest absolute Gasteiger partial charge is 0.481 e. The number of carbonyl (C=O) groups is 2. The molecule has 1 amide bonds. The van der Waals surface area contributed by atoms with Crippen LogP contribution >= 0.6 is 0 Å². The van der Waals surface area contributed by atoms with Crippen molar-refractivity contribution in [3.8, 4) is 0 Å². The van der Waals surface area contributed by atoms with Crippen molar-refractivity contribution in [3.05, 3.63) is 53.3 Å². The smallest absolute Gasteiger partial charge is 0.308 e. The molecule has 122 valence electrons. The number of rotatable bonds is 6. The van der Waals surface area contributed by atoms with Crippen molar-refractivity contribution < 1.29 is 14.7 Å². The van der Waals surface area contributed by atoms with Crippen LogP contribution < -0.4 is 0 Å². The van der Waals surface area contributed by atoms with Crippen LogP contribution in [0.3, 0.4) is 0 Å². The van der Waals surface area contributed by atoms with Gasteiger partial charge in [0.15, 0.2) is 0 Å². The number of hydrogen-bond donors (Lipinski definition) is 1. The van der Waals surface area contributed by atoms with Gasteiger partial charge in [-0.1, -0.05) is 37.3 Å². The minimum Gasteiger partial charge on any atom is -0.481 e. The number of carbonyl (C=O) groups excluding carboxylic acids is 1. The molecule has 0 bridgehead atoms. The van der Waals surface area contributed by atoms with Crippen molar-refractivity contribution in [3.63, 3.8) is 0 Å². The van der Waals surface area contributed by atoms with Crippen LogP contribution in [0.2, 0.25) is 0 Å². The first-order valence-electron chi connectivity index (χ1n) is 7.45. The normalized spacial score (nSPS) is 12.0. The number of aliphatic carboxylic acids is 1. The molecule has 0 aliphatic heterocycles. The van der Waals surface area contributed by atoms with Crippen LogP contribution in [0, 0.1) is 12.8 Å². The maximum absolute atomic E-state index is 12.8. The summed E-state index contributed by atoms with van der Waals surface area (Å²) in [6.07, 6.45) is 0. The summed E-state index contributed by atoms with van der Waals surface area (Å²) in [4.78, 5) is 25.5. The van der Waals surface area contributed by atoms with Crippen molar-refractivity contribution in [1.29, 1.82) is 0 Å². The Balaban J connectivity index is 2.26. The van der Waals surface area contributed by atoms with Crippen LogP contribution in [0.4, 0.5) is 0 Å². The highest BCUT2D eigenvalue weighted by Gasteiger charge is 2.24. The molecule has 0 saturated heterocycles. The minimum absolute atomic E-state index is 0.146. The molecule has 0 spiro atoms. The summed E-state index contributed by atoms with van der Waals surface area (Å²) in [5.41, 5.74) is 2.16. The van der Waals surface area contributed by atoms with E-state index in [0.717, 1.165) is 11.3 Å². The molecule has 2 aromatic rings. The third-order valence-electron chi connectivity index (χ3n) is 3.64. The van der Waals surface area contributed by atoms with Crippen LogP contribution in [-0.4, -0.2) is 38.2 Å². The van der Waals surface area contributed by atoms with Gasteiger partial charge in [-0.15, -0.1) is 0 Å². The van der Waals surface area contributed by atoms with Crippen molar-refractivity contribution in [2.24, 2.45) is 13.0 Å². The summed E-state index contributed by atoms with van der Waals surface area (Å²) in [5, 5.41) is 13.3. The minimum atomic E-state index is -0.919. The van der Waals surface area contributed by atoms with E-state index < -0.39 is 11.9 Å². The molecular formula is C17H21N3O3. The van der Waals surface area contributed by atoms with E-state index >= 15 is 0 Å². The van der Waals surface area contributed by atoms with E-state index in [1.807, 2.05) is 37.3 Å². The first-order valence-corrected chi connectivity index (χ1v) is 7.45. The van der Waals surface area contributed by atoms with Crippen molar-refractivity contribution in [2.45, 2.75) is 20.4 Å².